The molecule has 0 unspecified atom stereocenters. The van der Waals surface area contributed by atoms with Crippen LogP contribution < -0.4 is 0 Å². The fraction of sp³-hybridized carbons (Fsp3) is 1.00. The van der Waals surface area contributed by atoms with Crippen LogP contribution in [-0.4, -0.2) is 64.3 Å². The third-order valence-electron chi connectivity index (χ3n) is 2.18. The van der Waals surface area contributed by atoms with Gasteiger partial charge in [0.2, 0.25) is 0 Å². The van der Waals surface area contributed by atoms with E-state index >= 15 is 0 Å². The van der Waals surface area contributed by atoms with Crippen LogP contribution in [0, 0.1) is 0 Å². The molecule has 0 spiro atoms. The minimum absolute atomic E-state index is 0.308. The van der Waals surface area contributed by atoms with Crippen LogP contribution in [0.25, 0.3) is 0 Å². The summed E-state index contributed by atoms with van der Waals surface area (Å²) < 4.78 is 10.0. The van der Waals surface area contributed by atoms with Gasteiger partial charge in [-0.05, 0) is 6.92 Å². The second-order valence-electron chi connectivity index (χ2n) is 3.15. The van der Waals surface area contributed by atoms with Crippen molar-refractivity contribution in [2.75, 3.05) is 13.2 Å². The highest BCUT2D eigenvalue weighted by molar-refractivity contribution is 4.88. The zero-order chi connectivity index (χ0) is 10.7. The summed E-state index contributed by atoms with van der Waals surface area (Å²) in [5.74, 6) is 0. The summed E-state index contributed by atoms with van der Waals surface area (Å²) in [5, 5.41) is 36.9. The maximum absolute atomic E-state index is 9.41. The zero-order valence-electron chi connectivity index (χ0n) is 7.91. The van der Waals surface area contributed by atoms with Gasteiger partial charge in [-0.1, -0.05) is 0 Å². The normalized spacial score (nSPS) is 43.9. The molecule has 5 atom stereocenters. The van der Waals surface area contributed by atoms with Gasteiger partial charge in [0.05, 0.1) is 6.61 Å². The largest absolute Gasteiger partial charge is 0.394 e. The second-order valence-corrected chi connectivity index (χ2v) is 3.15. The summed E-state index contributed by atoms with van der Waals surface area (Å²) in [4.78, 5) is 0. The Balaban J connectivity index is 2.63. The van der Waals surface area contributed by atoms with E-state index in [4.69, 9.17) is 14.6 Å². The number of aliphatic hydroxyl groups is 4. The number of rotatable bonds is 3. The Bertz CT molecular complexity index is 171. The highest BCUT2D eigenvalue weighted by Gasteiger charge is 2.43. The molecule has 1 rings (SSSR count). The van der Waals surface area contributed by atoms with Crippen LogP contribution in [0.5, 0.6) is 0 Å². The van der Waals surface area contributed by atoms with Crippen molar-refractivity contribution < 1.29 is 29.9 Å². The molecule has 84 valence electrons. The molecule has 0 aromatic rings. The zero-order valence-corrected chi connectivity index (χ0v) is 7.91. The van der Waals surface area contributed by atoms with E-state index < -0.39 is 37.3 Å². The predicted molar refractivity (Wildman–Crippen MR) is 45.4 cm³/mol. The molecule has 1 aliphatic heterocycles. The number of hydrogen-bond acceptors (Lipinski definition) is 6. The number of hydrogen-bond donors (Lipinski definition) is 4. The first-order valence-electron chi connectivity index (χ1n) is 4.54. The Morgan fingerprint density at radius 1 is 1.14 bits per heavy atom. The lowest BCUT2D eigenvalue weighted by molar-refractivity contribution is -0.300. The van der Waals surface area contributed by atoms with Crippen molar-refractivity contribution >= 4 is 0 Å². The van der Waals surface area contributed by atoms with Crippen molar-refractivity contribution in [3.63, 3.8) is 0 Å². The van der Waals surface area contributed by atoms with E-state index in [1.54, 1.807) is 6.92 Å². The van der Waals surface area contributed by atoms with Gasteiger partial charge in [-0.25, -0.2) is 0 Å². The molecule has 1 fully saturated rings. The average molecular weight is 208 g/mol. The van der Waals surface area contributed by atoms with Crippen molar-refractivity contribution in [3.05, 3.63) is 0 Å². The Labute approximate surface area is 81.7 Å². The van der Waals surface area contributed by atoms with Gasteiger partial charge < -0.3 is 29.9 Å². The highest BCUT2D eigenvalue weighted by atomic mass is 16.7. The summed E-state index contributed by atoms with van der Waals surface area (Å²) in [6.07, 6.45) is -5.89. The summed E-state index contributed by atoms with van der Waals surface area (Å²) in [6.45, 7) is 1.58. The maximum atomic E-state index is 9.41. The Morgan fingerprint density at radius 3 is 2.29 bits per heavy atom. The first kappa shape index (κ1) is 11.8. The smallest absolute Gasteiger partial charge is 0.186 e. The standard InChI is InChI=1S/C8H16O6/c1-2-13-8-7(12)6(11)5(10)4(3-9)14-8/h4-12H,2-3H2,1H3/t4-,5-,6+,7-,8+/m1/s1. The van der Waals surface area contributed by atoms with Crippen LogP contribution >= 0.6 is 0 Å². The lowest BCUT2D eigenvalue weighted by atomic mass is 9.99. The monoisotopic (exact) mass is 208 g/mol. The highest BCUT2D eigenvalue weighted by Crippen LogP contribution is 2.21. The molecule has 0 amide bonds. The quantitative estimate of drug-likeness (QED) is 0.421. The minimum atomic E-state index is -1.36. The van der Waals surface area contributed by atoms with E-state index in [2.05, 4.69) is 0 Å². The van der Waals surface area contributed by atoms with Crippen molar-refractivity contribution in [2.24, 2.45) is 0 Å². The van der Waals surface area contributed by atoms with Crippen LogP contribution in [0.1, 0.15) is 6.92 Å². The lowest BCUT2D eigenvalue weighted by Gasteiger charge is -2.39. The Kier molecular flexibility index (Phi) is 4.24. The molecule has 0 radical (unpaired) electrons. The van der Waals surface area contributed by atoms with Gasteiger partial charge >= 0.3 is 0 Å². The summed E-state index contributed by atoms with van der Waals surface area (Å²) >= 11 is 0. The first-order valence-corrected chi connectivity index (χ1v) is 4.54. The van der Waals surface area contributed by atoms with Gasteiger partial charge in [0.1, 0.15) is 24.4 Å². The molecule has 6 nitrogen and oxygen atoms in total. The molecule has 0 saturated carbocycles. The van der Waals surface area contributed by atoms with Gasteiger partial charge in [-0.15, -0.1) is 0 Å². The van der Waals surface area contributed by atoms with Crippen LogP contribution in [0.2, 0.25) is 0 Å². The van der Waals surface area contributed by atoms with Crippen LogP contribution in [0.4, 0.5) is 0 Å². The molecule has 1 saturated heterocycles. The van der Waals surface area contributed by atoms with Crippen LogP contribution in [-0.2, 0) is 9.47 Å². The van der Waals surface area contributed by atoms with Crippen LogP contribution in [0.15, 0.2) is 0 Å². The molecular weight excluding hydrogens is 192 g/mol. The van der Waals surface area contributed by atoms with Crippen molar-refractivity contribution in [3.8, 4) is 0 Å². The molecule has 0 aromatic carbocycles. The van der Waals surface area contributed by atoms with Crippen molar-refractivity contribution in [2.45, 2.75) is 37.6 Å². The fourth-order valence-electron chi connectivity index (χ4n) is 1.37. The molecule has 14 heavy (non-hydrogen) atoms. The van der Waals surface area contributed by atoms with E-state index in [1.807, 2.05) is 0 Å². The van der Waals surface area contributed by atoms with Gasteiger partial charge in [-0.2, -0.15) is 0 Å². The number of ether oxygens (including phenoxy) is 2. The predicted octanol–water partition coefficient (Wildman–Crippen LogP) is -2.18. The fourth-order valence-corrected chi connectivity index (χ4v) is 1.37. The van der Waals surface area contributed by atoms with Gasteiger partial charge in [0.15, 0.2) is 6.29 Å². The second kappa shape index (κ2) is 5.01. The topological polar surface area (TPSA) is 99.4 Å². The van der Waals surface area contributed by atoms with Crippen LogP contribution in [0.3, 0.4) is 0 Å². The van der Waals surface area contributed by atoms with E-state index in [-0.39, 0.29) is 0 Å². The molecule has 0 aliphatic carbocycles. The molecule has 6 heteroatoms. The first-order chi connectivity index (χ1) is 6.61. The van der Waals surface area contributed by atoms with E-state index in [0.717, 1.165) is 0 Å². The molecule has 0 bridgehead atoms. The van der Waals surface area contributed by atoms with E-state index in [9.17, 15) is 15.3 Å². The summed E-state index contributed by atoms with van der Waals surface area (Å²) in [6, 6.07) is 0. The summed E-state index contributed by atoms with van der Waals surface area (Å²) in [5.41, 5.74) is 0. The molecular formula is C8H16O6. The average Bonchev–Trinajstić information content (AvgIpc) is 2.19. The van der Waals surface area contributed by atoms with Crippen molar-refractivity contribution in [1.82, 2.24) is 0 Å². The van der Waals surface area contributed by atoms with Crippen molar-refractivity contribution in [1.29, 1.82) is 0 Å². The number of aliphatic hydroxyl groups excluding tert-OH is 4. The van der Waals surface area contributed by atoms with E-state index in [0.29, 0.717) is 6.61 Å². The van der Waals surface area contributed by atoms with E-state index in [1.165, 1.54) is 0 Å². The maximum Gasteiger partial charge on any atom is 0.186 e. The minimum Gasteiger partial charge on any atom is -0.394 e. The lowest BCUT2D eigenvalue weighted by Crippen LogP contribution is -2.59. The third-order valence-corrected chi connectivity index (χ3v) is 2.18. The summed E-state index contributed by atoms with van der Waals surface area (Å²) in [7, 11) is 0. The third kappa shape index (κ3) is 2.22. The molecule has 1 heterocycles. The van der Waals surface area contributed by atoms with Gasteiger partial charge in [0.25, 0.3) is 0 Å². The molecule has 0 aromatic heterocycles. The van der Waals surface area contributed by atoms with Gasteiger partial charge in [0, 0.05) is 6.61 Å². The molecule has 1 aliphatic rings. The SMILES string of the molecule is CCO[C@H]1O[C@H](CO)[C@@H](O)[C@H](O)[C@H]1O. The Morgan fingerprint density at radius 2 is 1.79 bits per heavy atom. The van der Waals surface area contributed by atoms with Gasteiger partial charge in [-0.3, -0.25) is 0 Å². The molecule has 4 N–H and O–H groups in total. The Hall–Kier alpha value is -0.240.